The molecule has 0 bridgehead atoms. The summed E-state index contributed by atoms with van der Waals surface area (Å²) in [6.07, 6.45) is 1.56. The van der Waals surface area contributed by atoms with Gasteiger partial charge in [0.2, 0.25) is 5.88 Å². The Hall–Kier alpha value is -1.25. The van der Waals surface area contributed by atoms with Crippen LogP contribution in [0, 0.1) is 20.8 Å². The first-order valence-corrected chi connectivity index (χ1v) is 6.88. The molecule has 0 aliphatic rings. The fourth-order valence-corrected chi connectivity index (χ4v) is 2.30. The van der Waals surface area contributed by atoms with Crippen LogP contribution in [-0.2, 0) is 5.88 Å². The van der Waals surface area contributed by atoms with Crippen LogP contribution in [0.15, 0.2) is 24.4 Å². The van der Waals surface area contributed by atoms with Crippen LogP contribution in [0.3, 0.4) is 0 Å². The van der Waals surface area contributed by atoms with Gasteiger partial charge in [-0.05, 0) is 49.1 Å². The Bertz CT molecular complexity index is 611. The molecule has 2 nitrogen and oxygen atoms in total. The van der Waals surface area contributed by atoms with E-state index in [0.717, 1.165) is 22.4 Å². The highest BCUT2D eigenvalue weighted by Gasteiger charge is 2.08. The van der Waals surface area contributed by atoms with Crippen molar-refractivity contribution in [3.63, 3.8) is 0 Å². The topological polar surface area (TPSA) is 22.1 Å². The van der Waals surface area contributed by atoms with E-state index in [4.69, 9.17) is 27.9 Å². The van der Waals surface area contributed by atoms with E-state index in [0.29, 0.717) is 16.8 Å². The van der Waals surface area contributed by atoms with Gasteiger partial charge in [-0.3, -0.25) is 0 Å². The number of pyridine rings is 1. The first kappa shape index (κ1) is 14.2. The molecule has 0 spiro atoms. The predicted molar refractivity (Wildman–Crippen MR) is 79.5 cm³/mol. The van der Waals surface area contributed by atoms with Gasteiger partial charge in [0, 0.05) is 18.1 Å². The molecule has 0 N–H and O–H groups in total. The molecule has 0 aliphatic heterocycles. The minimum absolute atomic E-state index is 0.337. The largest absolute Gasteiger partial charge is 0.439 e. The first-order chi connectivity index (χ1) is 9.01. The van der Waals surface area contributed by atoms with Crippen LogP contribution in [0.2, 0.25) is 5.02 Å². The molecule has 0 saturated heterocycles. The minimum Gasteiger partial charge on any atom is -0.439 e. The van der Waals surface area contributed by atoms with E-state index in [1.165, 1.54) is 5.56 Å². The van der Waals surface area contributed by atoms with Gasteiger partial charge in [-0.15, -0.1) is 11.6 Å². The second-order valence-electron chi connectivity index (χ2n) is 4.55. The fourth-order valence-electron chi connectivity index (χ4n) is 1.84. The third kappa shape index (κ3) is 3.20. The zero-order chi connectivity index (χ0) is 14.0. The van der Waals surface area contributed by atoms with Gasteiger partial charge in [0.05, 0.1) is 5.02 Å². The lowest BCUT2D eigenvalue weighted by molar-refractivity contribution is 0.458. The van der Waals surface area contributed by atoms with Gasteiger partial charge >= 0.3 is 0 Å². The van der Waals surface area contributed by atoms with Gasteiger partial charge in [0.25, 0.3) is 0 Å². The lowest BCUT2D eigenvalue weighted by Crippen LogP contribution is -1.94. The number of aromatic nitrogens is 1. The van der Waals surface area contributed by atoms with Gasteiger partial charge in [0.1, 0.15) is 5.75 Å². The Balaban J connectivity index is 2.36. The zero-order valence-corrected chi connectivity index (χ0v) is 12.6. The molecule has 0 amide bonds. The molecule has 1 heterocycles. The lowest BCUT2D eigenvalue weighted by Gasteiger charge is -2.12. The second kappa shape index (κ2) is 5.81. The van der Waals surface area contributed by atoms with Crippen LogP contribution in [0.4, 0.5) is 0 Å². The second-order valence-corrected chi connectivity index (χ2v) is 5.23. The van der Waals surface area contributed by atoms with Gasteiger partial charge in [-0.25, -0.2) is 4.98 Å². The maximum Gasteiger partial charge on any atom is 0.219 e. The Morgan fingerprint density at radius 1 is 1.16 bits per heavy atom. The lowest BCUT2D eigenvalue weighted by atomic mass is 10.1. The van der Waals surface area contributed by atoms with Crippen molar-refractivity contribution in [2.45, 2.75) is 26.7 Å². The number of benzene rings is 1. The van der Waals surface area contributed by atoms with Crippen molar-refractivity contribution >= 4 is 23.2 Å². The van der Waals surface area contributed by atoms with Crippen molar-refractivity contribution in [1.29, 1.82) is 0 Å². The quantitative estimate of drug-likeness (QED) is 0.727. The van der Waals surface area contributed by atoms with Crippen LogP contribution in [-0.4, -0.2) is 4.98 Å². The normalized spacial score (nSPS) is 10.6. The highest BCUT2D eigenvalue weighted by Crippen LogP contribution is 2.29. The van der Waals surface area contributed by atoms with Crippen molar-refractivity contribution in [3.8, 4) is 11.6 Å². The van der Waals surface area contributed by atoms with E-state index < -0.39 is 0 Å². The van der Waals surface area contributed by atoms with Crippen molar-refractivity contribution in [2.24, 2.45) is 0 Å². The van der Waals surface area contributed by atoms with Crippen LogP contribution in [0.1, 0.15) is 22.3 Å². The molecule has 1 aromatic carbocycles. The standard InChI is InChI=1S/C15H15Cl2NO/c1-9-4-10(2)11(3)14(5-9)19-15-6-12(7-16)13(17)8-18-15/h4-6,8H,7H2,1-3H3. The van der Waals surface area contributed by atoms with E-state index in [-0.39, 0.29) is 0 Å². The Labute approximate surface area is 123 Å². The summed E-state index contributed by atoms with van der Waals surface area (Å²) < 4.78 is 5.84. The number of alkyl halides is 1. The molecule has 2 rings (SSSR count). The fraction of sp³-hybridized carbons (Fsp3) is 0.267. The van der Waals surface area contributed by atoms with E-state index in [9.17, 15) is 0 Å². The Kier molecular flexibility index (Phi) is 4.33. The summed E-state index contributed by atoms with van der Waals surface area (Å²) in [6, 6.07) is 5.90. The summed E-state index contributed by atoms with van der Waals surface area (Å²) in [5.41, 5.74) is 4.27. The van der Waals surface area contributed by atoms with E-state index in [1.807, 2.05) is 19.9 Å². The van der Waals surface area contributed by atoms with Gasteiger partial charge in [-0.2, -0.15) is 0 Å². The highest BCUT2D eigenvalue weighted by atomic mass is 35.5. The predicted octanol–water partition coefficient (Wildman–Crippen LogP) is 5.19. The number of hydrogen-bond donors (Lipinski definition) is 0. The minimum atomic E-state index is 0.337. The third-order valence-corrected chi connectivity index (χ3v) is 3.66. The molecule has 19 heavy (non-hydrogen) atoms. The third-order valence-electron chi connectivity index (χ3n) is 3.03. The Morgan fingerprint density at radius 3 is 2.58 bits per heavy atom. The summed E-state index contributed by atoms with van der Waals surface area (Å²) in [7, 11) is 0. The molecule has 4 heteroatoms. The number of nitrogens with zero attached hydrogens (tertiary/aromatic N) is 1. The molecule has 0 fully saturated rings. The van der Waals surface area contributed by atoms with Crippen molar-refractivity contribution < 1.29 is 4.74 Å². The van der Waals surface area contributed by atoms with Crippen molar-refractivity contribution in [3.05, 3.63) is 51.7 Å². The van der Waals surface area contributed by atoms with Crippen LogP contribution >= 0.6 is 23.2 Å². The van der Waals surface area contributed by atoms with E-state index >= 15 is 0 Å². The van der Waals surface area contributed by atoms with Crippen LogP contribution in [0.5, 0.6) is 11.6 Å². The number of rotatable bonds is 3. The summed E-state index contributed by atoms with van der Waals surface area (Å²) in [6.45, 7) is 6.13. The summed E-state index contributed by atoms with van der Waals surface area (Å²) in [4.78, 5) is 4.17. The van der Waals surface area contributed by atoms with Gasteiger partial charge in [0.15, 0.2) is 0 Å². The zero-order valence-electron chi connectivity index (χ0n) is 11.1. The molecular weight excluding hydrogens is 281 g/mol. The van der Waals surface area contributed by atoms with Crippen LogP contribution in [0.25, 0.3) is 0 Å². The maximum absolute atomic E-state index is 5.98. The SMILES string of the molecule is Cc1cc(C)c(C)c(Oc2cc(CCl)c(Cl)cn2)c1. The molecule has 100 valence electrons. The summed E-state index contributed by atoms with van der Waals surface area (Å²) in [5.74, 6) is 1.66. The average molecular weight is 296 g/mol. The van der Waals surface area contributed by atoms with E-state index in [2.05, 4.69) is 18.0 Å². The number of aryl methyl sites for hydroxylation is 2. The summed E-state index contributed by atoms with van der Waals surface area (Å²) in [5, 5.41) is 0.555. The molecule has 1 aromatic heterocycles. The van der Waals surface area contributed by atoms with E-state index in [1.54, 1.807) is 12.3 Å². The number of halogens is 2. The highest BCUT2D eigenvalue weighted by molar-refractivity contribution is 6.32. The van der Waals surface area contributed by atoms with Crippen LogP contribution < -0.4 is 4.74 Å². The van der Waals surface area contributed by atoms with Gasteiger partial charge < -0.3 is 4.74 Å². The molecule has 0 aliphatic carbocycles. The molecule has 0 saturated carbocycles. The molecule has 0 unspecified atom stereocenters. The molecule has 0 radical (unpaired) electrons. The maximum atomic E-state index is 5.98. The molecule has 2 aromatic rings. The molecule has 0 atom stereocenters. The van der Waals surface area contributed by atoms with Crippen molar-refractivity contribution in [1.82, 2.24) is 4.98 Å². The summed E-state index contributed by atoms with van der Waals surface area (Å²) >= 11 is 11.8. The smallest absolute Gasteiger partial charge is 0.219 e. The number of ether oxygens (including phenoxy) is 1. The molecular formula is C15H15Cl2NO. The van der Waals surface area contributed by atoms with Crippen molar-refractivity contribution in [2.75, 3.05) is 0 Å². The number of hydrogen-bond acceptors (Lipinski definition) is 2. The average Bonchev–Trinajstić information content (AvgIpc) is 2.37. The first-order valence-electron chi connectivity index (χ1n) is 5.97. The van der Waals surface area contributed by atoms with Gasteiger partial charge in [-0.1, -0.05) is 17.7 Å². The Morgan fingerprint density at radius 2 is 1.89 bits per heavy atom. The monoisotopic (exact) mass is 295 g/mol.